The molecule has 174 valence electrons. The van der Waals surface area contributed by atoms with Crippen molar-refractivity contribution in [2.75, 3.05) is 0 Å². The summed E-state index contributed by atoms with van der Waals surface area (Å²) in [5, 5.41) is 4.54. The lowest BCUT2D eigenvalue weighted by Crippen LogP contribution is -2.18. The van der Waals surface area contributed by atoms with Crippen LogP contribution in [0.3, 0.4) is 0 Å². The van der Waals surface area contributed by atoms with Crippen molar-refractivity contribution in [2.45, 2.75) is 86.5 Å². The van der Waals surface area contributed by atoms with Crippen molar-refractivity contribution in [3.63, 3.8) is 0 Å². The molecule has 0 aromatic carbocycles. The van der Waals surface area contributed by atoms with Crippen LogP contribution in [0.2, 0.25) is 0 Å². The first-order valence-electron chi connectivity index (χ1n) is 10.3. The van der Waals surface area contributed by atoms with E-state index in [2.05, 4.69) is 10.3 Å². The summed E-state index contributed by atoms with van der Waals surface area (Å²) in [4.78, 5) is 46.7. The highest BCUT2D eigenvalue weighted by Gasteiger charge is 2.24. The number of carbonyl (C=O) groups excluding carboxylic acids is 2. The average Bonchev–Trinajstić information content (AvgIpc) is 3.23. The fraction of sp³-hybridized carbons (Fsp3) is 0.652. The molecule has 0 radical (unpaired) electrons. The number of ketones is 2. The zero-order valence-corrected chi connectivity index (χ0v) is 18.3. The molecule has 2 aromatic heterocycles. The van der Waals surface area contributed by atoms with Crippen molar-refractivity contribution < 1.29 is 18.6 Å². The fourth-order valence-corrected chi connectivity index (χ4v) is 3.42. The molecule has 8 nitrogen and oxygen atoms in total. The van der Waals surface area contributed by atoms with E-state index in [0.717, 1.165) is 0 Å². The van der Waals surface area contributed by atoms with E-state index in [9.17, 15) is 19.2 Å². The second-order valence-corrected chi connectivity index (χ2v) is 9.62. The molecule has 0 spiro atoms. The third kappa shape index (κ3) is 9.81. The third-order valence-corrected chi connectivity index (χ3v) is 5.30. The Balaban J connectivity index is 0.00000480. The normalized spacial score (nSPS) is 11.9. The Hall–Kier alpha value is -2.64. The molecule has 2 aromatic rings. The van der Waals surface area contributed by atoms with Crippen LogP contribution in [0.25, 0.3) is 0 Å². The minimum absolute atomic E-state index is 0. The Kier molecular flexibility index (Phi) is 9.46. The SMILES string of the molecule is C.CC(C)(CCC(=O)CCC(=O)CCC(C)(C)Cc1cc(=O)[nH]o1)Cc1cc(=O)[nH]o1. The number of H-pyrrole nitrogens is 2. The maximum Gasteiger partial charge on any atom is 0.280 e. The average molecular weight is 437 g/mol. The maximum absolute atomic E-state index is 12.2. The van der Waals surface area contributed by atoms with Crippen LogP contribution in [0.5, 0.6) is 0 Å². The van der Waals surface area contributed by atoms with Gasteiger partial charge in [-0.15, -0.1) is 0 Å². The highest BCUT2D eigenvalue weighted by Crippen LogP contribution is 2.29. The zero-order chi connectivity index (χ0) is 22.4. The summed E-state index contributed by atoms with van der Waals surface area (Å²) in [7, 11) is 0. The van der Waals surface area contributed by atoms with E-state index in [0.29, 0.717) is 50.0 Å². The molecule has 8 heteroatoms. The van der Waals surface area contributed by atoms with E-state index in [1.165, 1.54) is 12.1 Å². The van der Waals surface area contributed by atoms with Crippen molar-refractivity contribution in [3.8, 4) is 0 Å². The molecule has 2 N–H and O–H groups in total. The standard InChI is InChI=1S/C22H32N2O6.CH4/c1-21(2,13-17-11-19(27)23-29-17)9-7-15(25)5-6-16(26)8-10-22(3,4)14-18-12-20(28)24-30-18;/h11-12H,5-10,13-14H2,1-4H3,(H,23,27)(H,24,28);1H4. The number of Topliss-reactive ketones (excluding diaryl/α,β-unsaturated/α-hetero) is 2. The first-order chi connectivity index (χ1) is 13.9. The monoisotopic (exact) mass is 436 g/mol. The molecule has 0 aliphatic carbocycles. The van der Waals surface area contributed by atoms with Crippen LogP contribution in [0.15, 0.2) is 30.8 Å². The van der Waals surface area contributed by atoms with E-state index in [4.69, 9.17) is 9.05 Å². The molecular weight excluding hydrogens is 400 g/mol. The van der Waals surface area contributed by atoms with E-state index in [1.807, 2.05) is 27.7 Å². The molecule has 0 fully saturated rings. The minimum atomic E-state index is -0.267. The summed E-state index contributed by atoms with van der Waals surface area (Å²) in [5.41, 5.74) is -0.906. The van der Waals surface area contributed by atoms with Crippen LogP contribution in [0.4, 0.5) is 0 Å². The number of rotatable bonds is 13. The first-order valence-corrected chi connectivity index (χ1v) is 10.3. The van der Waals surface area contributed by atoms with Gasteiger partial charge < -0.3 is 9.05 Å². The lowest BCUT2D eigenvalue weighted by molar-refractivity contribution is -0.124. The first kappa shape index (κ1) is 26.4. The topological polar surface area (TPSA) is 126 Å². The third-order valence-electron chi connectivity index (χ3n) is 5.30. The van der Waals surface area contributed by atoms with Gasteiger partial charge in [0.25, 0.3) is 11.1 Å². The second kappa shape index (κ2) is 11.1. The Bertz CT molecular complexity index is 879. The van der Waals surface area contributed by atoms with Gasteiger partial charge in [0.05, 0.1) is 0 Å². The minimum Gasteiger partial charge on any atom is -0.384 e. The van der Waals surface area contributed by atoms with Crippen LogP contribution in [0, 0.1) is 10.8 Å². The summed E-state index contributed by atoms with van der Waals surface area (Å²) in [6.07, 6.45) is 3.73. The molecule has 0 unspecified atom stereocenters. The highest BCUT2D eigenvalue weighted by molar-refractivity contribution is 5.86. The van der Waals surface area contributed by atoms with Gasteiger partial charge in [-0.05, 0) is 23.7 Å². The molecule has 2 heterocycles. The largest absolute Gasteiger partial charge is 0.384 e. The van der Waals surface area contributed by atoms with Crippen molar-refractivity contribution >= 4 is 11.6 Å². The van der Waals surface area contributed by atoms with Crippen LogP contribution in [-0.2, 0) is 22.4 Å². The van der Waals surface area contributed by atoms with Gasteiger partial charge in [-0.3, -0.25) is 19.2 Å². The Morgan fingerprint density at radius 3 is 1.39 bits per heavy atom. The quantitative estimate of drug-likeness (QED) is 0.484. The van der Waals surface area contributed by atoms with Crippen molar-refractivity contribution in [1.82, 2.24) is 10.3 Å². The van der Waals surface area contributed by atoms with Crippen molar-refractivity contribution in [1.29, 1.82) is 0 Å². The Morgan fingerprint density at radius 1 is 0.742 bits per heavy atom. The summed E-state index contributed by atoms with van der Waals surface area (Å²) >= 11 is 0. The molecule has 0 saturated carbocycles. The lowest BCUT2D eigenvalue weighted by Gasteiger charge is -2.23. The van der Waals surface area contributed by atoms with Gasteiger partial charge >= 0.3 is 0 Å². The number of carbonyl (C=O) groups is 2. The van der Waals surface area contributed by atoms with Gasteiger partial charge in [0.1, 0.15) is 23.1 Å². The van der Waals surface area contributed by atoms with E-state index in [1.54, 1.807) is 0 Å². The van der Waals surface area contributed by atoms with Crippen molar-refractivity contribution in [3.05, 3.63) is 44.4 Å². The molecule has 0 amide bonds. The summed E-state index contributed by atoms with van der Waals surface area (Å²) in [6.45, 7) is 8.08. The van der Waals surface area contributed by atoms with Gasteiger partial charge in [-0.2, -0.15) is 10.3 Å². The van der Waals surface area contributed by atoms with Crippen molar-refractivity contribution in [2.24, 2.45) is 10.8 Å². The van der Waals surface area contributed by atoms with E-state index in [-0.39, 0.29) is 53.8 Å². The highest BCUT2D eigenvalue weighted by atomic mass is 16.5. The van der Waals surface area contributed by atoms with Gasteiger partial charge in [-0.1, -0.05) is 35.1 Å². The fourth-order valence-electron chi connectivity index (χ4n) is 3.42. The van der Waals surface area contributed by atoms with E-state index >= 15 is 0 Å². The number of hydrogen-bond acceptors (Lipinski definition) is 6. The lowest BCUT2D eigenvalue weighted by atomic mass is 9.81. The molecule has 0 aliphatic rings. The number of nitrogens with one attached hydrogen (secondary N) is 2. The van der Waals surface area contributed by atoms with Crippen LogP contribution in [-0.4, -0.2) is 21.9 Å². The smallest absolute Gasteiger partial charge is 0.280 e. The van der Waals surface area contributed by atoms with Gasteiger partial charge in [0.2, 0.25) is 0 Å². The molecular formula is C23H36N2O6. The summed E-state index contributed by atoms with van der Waals surface area (Å²) in [5.74, 6) is 1.30. The molecule has 0 atom stereocenters. The second-order valence-electron chi connectivity index (χ2n) is 9.62. The van der Waals surface area contributed by atoms with Crippen LogP contribution >= 0.6 is 0 Å². The maximum atomic E-state index is 12.2. The molecule has 0 saturated heterocycles. The number of aromatic amines is 2. The summed E-state index contributed by atoms with van der Waals surface area (Å²) in [6, 6.07) is 2.85. The summed E-state index contributed by atoms with van der Waals surface area (Å²) < 4.78 is 10.2. The van der Waals surface area contributed by atoms with Crippen LogP contribution in [0.1, 0.15) is 85.2 Å². The predicted molar refractivity (Wildman–Crippen MR) is 118 cm³/mol. The molecule has 31 heavy (non-hydrogen) atoms. The predicted octanol–water partition coefficient (Wildman–Crippen LogP) is 4.20. The van der Waals surface area contributed by atoms with Crippen LogP contribution < -0.4 is 11.1 Å². The molecule has 2 rings (SSSR count). The Labute approximate surface area is 182 Å². The van der Waals surface area contributed by atoms with E-state index < -0.39 is 0 Å². The number of hydrogen-bond donors (Lipinski definition) is 2. The molecule has 0 aliphatic heterocycles. The number of aromatic nitrogens is 2. The van der Waals surface area contributed by atoms with Gasteiger partial charge in [0.15, 0.2) is 0 Å². The Morgan fingerprint density at radius 2 is 1.10 bits per heavy atom. The van der Waals surface area contributed by atoms with Gasteiger partial charge in [0, 0.05) is 50.7 Å². The van der Waals surface area contributed by atoms with Gasteiger partial charge in [-0.25, -0.2) is 0 Å². The zero-order valence-electron chi connectivity index (χ0n) is 18.3. The molecule has 0 bridgehead atoms.